The number of amides is 1. The standard InChI is InChI=1S/C26H23FN4O4S/c1-15-24(26(33)31(30(15)2)17-9-11-36-14-17)25(32)29-16-4-7-23(20(27)12-16)35-22-8-10-28-21-13-18(34-3)5-6-19(21)22/h4-8,10,12-14H,9,11H2,1-3H3,(H,29,32). The van der Waals surface area contributed by atoms with Crippen molar-refractivity contribution < 1.29 is 18.7 Å². The Balaban J connectivity index is 1.38. The van der Waals surface area contributed by atoms with Gasteiger partial charge in [0.1, 0.15) is 17.1 Å². The maximum Gasteiger partial charge on any atom is 0.284 e. The number of allylic oxidation sites excluding steroid dienone is 1. The number of fused-ring (bicyclic) bond motifs is 1. The lowest BCUT2D eigenvalue weighted by atomic mass is 10.2. The minimum Gasteiger partial charge on any atom is -0.497 e. The van der Waals surface area contributed by atoms with E-state index in [-0.39, 0.29) is 17.0 Å². The Kier molecular flexibility index (Phi) is 6.27. The van der Waals surface area contributed by atoms with Gasteiger partial charge in [-0.1, -0.05) is 0 Å². The Bertz CT molecular complexity index is 1590. The molecule has 3 heterocycles. The van der Waals surface area contributed by atoms with Crippen molar-refractivity contribution in [1.29, 1.82) is 0 Å². The van der Waals surface area contributed by atoms with Crippen molar-refractivity contribution in [3.8, 4) is 17.2 Å². The zero-order valence-electron chi connectivity index (χ0n) is 19.9. The van der Waals surface area contributed by atoms with Crippen LogP contribution in [0.5, 0.6) is 17.2 Å². The highest BCUT2D eigenvalue weighted by atomic mass is 32.2. The van der Waals surface area contributed by atoms with Crippen molar-refractivity contribution >= 4 is 40.0 Å². The molecule has 184 valence electrons. The van der Waals surface area contributed by atoms with Gasteiger partial charge in [0.2, 0.25) is 0 Å². The predicted octanol–water partition coefficient (Wildman–Crippen LogP) is 5.17. The van der Waals surface area contributed by atoms with Gasteiger partial charge in [0.05, 0.1) is 24.0 Å². The van der Waals surface area contributed by atoms with Gasteiger partial charge in [-0.05, 0) is 49.1 Å². The first kappa shape index (κ1) is 23.7. The van der Waals surface area contributed by atoms with E-state index in [9.17, 15) is 14.0 Å². The number of nitrogens with zero attached hydrogens (tertiary/aromatic N) is 3. The molecule has 2 aromatic heterocycles. The summed E-state index contributed by atoms with van der Waals surface area (Å²) in [5.74, 6) is 0.697. The number of carbonyl (C=O) groups excluding carboxylic acids is 1. The number of carbonyl (C=O) groups is 1. The molecule has 5 rings (SSSR count). The lowest BCUT2D eigenvalue weighted by Crippen LogP contribution is -2.25. The van der Waals surface area contributed by atoms with Crippen LogP contribution in [0.15, 0.2) is 58.9 Å². The number of thioether (sulfide) groups is 1. The number of ether oxygens (including phenoxy) is 2. The number of pyridine rings is 1. The van der Waals surface area contributed by atoms with Crippen LogP contribution in [0.1, 0.15) is 22.5 Å². The van der Waals surface area contributed by atoms with Gasteiger partial charge < -0.3 is 14.8 Å². The third-order valence-electron chi connectivity index (χ3n) is 6.07. The van der Waals surface area contributed by atoms with Crippen LogP contribution in [-0.4, -0.2) is 33.1 Å². The third-order valence-corrected chi connectivity index (χ3v) is 6.95. The quantitative estimate of drug-likeness (QED) is 0.388. The predicted molar refractivity (Wildman–Crippen MR) is 138 cm³/mol. The van der Waals surface area contributed by atoms with Crippen LogP contribution >= 0.6 is 11.8 Å². The summed E-state index contributed by atoms with van der Waals surface area (Å²) < 4.78 is 29.2. The molecule has 10 heteroatoms. The summed E-state index contributed by atoms with van der Waals surface area (Å²) in [4.78, 5) is 30.3. The van der Waals surface area contributed by atoms with Crippen molar-refractivity contribution in [3.05, 3.63) is 81.5 Å². The van der Waals surface area contributed by atoms with Gasteiger partial charge in [-0.2, -0.15) is 0 Å². The van der Waals surface area contributed by atoms with Crippen molar-refractivity contribution in [2.24, 2.45) is 7.05 Å². The summed E-state index contributed by atoms with van der Waals surface area (Å²) in [5, 5.41) is 5.26. The smallest absolute Gasteiger partial charge is 0.284 e. The zero-order valence-corrected chi connectivity index (χ0v) is 20.7. The van der Waals surface area contributed by atoms with E-state index in [2.05, 4.69) is 10.3 Å². The fraction of sp³-hybridized carbons (Fsp3) is 0.192. The summed E-state index contributed by atoms with van der Waals surface area (Å²) in [7, 11) is 3.31. The first-order valence-electron chi connectivity index (χ1n) is 11.2. The van der Waals surface area contributed by atoms with Crippen LogP contribution in [0.3, 0.4) is 0 Å². The molecule has 0 saturated carbocycles. The normalized spacial score (nSPS) is 13.1. The largest absolute Gasteiger partial charge is 0.497 e. The van der Waals surface area contributed by atoms with Crippen LogP contribution in [0.25, 0.3) is 16.6 Å². The van der Waals surface area contributed by atoms with Gasteiger partial charge in [0.25, 0.3) is 11.5 Å². The van der Waals surface area contributed by atoms with E-state index in [0.717, 1.165) is 23.9 Å². The molecule has 0 fully saturated rings. The Labute approximate surface area is 210 Å². The second-order valence-corrected chi connectivity index (χ2v) is 9.20. The van der Waals surface area contributed by atoms with Gasteiger partial charge in [-0.25, -0.2) is 9.07 Å². The summed E-state index contributed by atoms with van der Waals surface area (Å²) in [6.07, 6.45) is 2.31. The van der Waals surface area contributed by atoms with Crippen molar-refractivity contribution in [2.45, 2.75) is 13.3 Å². The van der Waals surface area contributed by atoms with E-state index in [4.69, 9.17) is 9.47 Å². The number of halogens is 1. The average molecular weight is 507 g/mol. The molecule has 0 spiro atoms. The van der Waals surface area contributed by atoms with Crippen molar-refractivity contribution in [1.82, 2.24) is 14.3 Å². The first-order valence-corrected chi connectivity index (χ1v) is 12.2. The molecular weight excluding hydrogens is 483 g/mol. The number of anilines is 1. The Morgan fingerprint density at radius 3 is 2.72 bits per heavy atom. The second-order valence-electron chi connectivity index (χ2n) is 8.22. The summed E-state index contributed by atoms with van der Waals surface area (Å²) in [6, 6.07) is 11.1. The van der Waals surface area contributed by atoms with E-state index in [1.54, 1.807) is 68.0 Å². The first-order chi connectivity index (χ1) is 17.4. The van der Waals surface area contributed by atoms with E-state index < -0.39 is 17.3 Å². The van der Waals surface area contributed by atoms with Crippen molar-refractivity contribution in [3.63, 3.8) is 0 Å². The van der Waals surface area contributed by atoms with E-state index in [0.29, 0.717) is 28.1 Å². The number of hydrogen-bond donors (Lipinski definition) is 1. The molecule has 8 nitrogen and oxygen atoms in total. The number of hydrogen-bond acceptors (Lipinski definition) is 6. The highest BCUT2D eigenvalue weighted by Crippen LogP contribution is 2.33. The Morgan fingerprint density at radius 2 is 2.00 bits per heavy atom. The molecule has 0 bridgehead atoms. The molecule has 0 aliphatic carbocycles. The number of methoxy groups -OCH3 is 1. The van der Waals surface area contributed by atoms with Gasteiger partial charge in [0, 0.05) is 42.2 Å². The number of nitrogens with one attached hydrogen (secondary N) is 1. The van der Waals surface area contributed by atoms with Gasteiger partial charge in [-0.15, -0.1) is 11.8 Å². The maximum absolute atomic E-state index is 14.9. The molecule has 0 atom stereocenters. The van der Waals surface area contributed by atoms with Crippen LogP contribution in [-0.2, 0) is 7.05 Å². The number of benzene rings is 2. The summed E-state index contributed by atoms with van der Waals surface area (Å²) >= 11 is 1.63. The monoisotopic (exact) mass is 506 g/mol. The fourth-order valence-corrected chi connectivity index (χ4v) is 4.97. The zero-order chi connectivity index (χ0) is 25.4. The molecule has 1 aliphatic heterocycles. The van der Waals surface area contributed by atoms with E-state index in [1.165, 1.54) is 16.8 Å². The van der Waals surface area contributed by atoms with Gasteiger partial charge >= 0.3 is 0 Å². The average Bonchev–Trinajstić information content (AvgIpc) is 3.46. The number of aromatic nitrogens is 3. The minimum atomic E-state index is -0.665. The lowest BCUT2D eigenvalue weighted by molar-refractivity contribution is 0.102. The van der Waals surface area contributed by atoms with Crippen molar-refractivity contribution in [2.75, 3.05) is 18.2 Å². The Morgan fingerprint density at radius 1 is 1.17 bits per heavy atom. The molecular formula is C26H23FN4O4S. The molecule has 1 N–H and O–H groups in total. The van der Waals surface area contributed by atoms with Crippen LogP contribution in [0, 0.1) is 12.7 Å². The number of rotatable bonds is 6. The topological polar surface area (TPSA) is 87.4 Å². The molecule has 2 aromatic carbocycles. The molecule has 36 heavy (non-hydrogen) atoms. The van der Waals surface area contributed by atoms with Crippen LogP contribution < -0.4 is 20.3 Å². The van der Waals surface area contributed by atoms with Crippen LogP contribution in [0.2, 0.25) is 0 Å². The second kappa shape index (κ2) is 9.54. The fourth-order valence-electron chi connectivity index (χ4n) is 4.12. The Hall–Kier alpha value is -4.05. The summed E-state index contributed by atoms with van der Waals surface area (Å²) in [5.41, 5.74) is 1.85. The van der Waals surface area contributed by atoms with Crippen LogP contribution in [0.4, 0.5) is 10.1 Å². The van der Waals surface area contributed by atoms with Gasteiger partial charge in [0.15, 0.2) is 11.6 Å². The molecule has 0 saturated heterocycles. The third kappa shape index (κ3) is 4.24. The molecule has 0 unspecified atom stereocenters. The highest BCUT2D eigenvalue weighted by molar-refractivity contribution is 8.02. The molecule has 1 amide bonds. The summed E-state index contributed by atoms with van der Waals surface area (Å²) in [6.45, 7) is 1.71. The molecule has 4 aromatic rings. The minimum absolute atomic E-state index is 0.0137. The van der Waals surface area contributed by atoms with E-state index in [1.807, 2.05) is 5.41 Å². The van der Waals surface area contributed by atoms with Gasteiger partial charge in [-0.3, -0.25) is 19.3 Å². The lowest BCUT2D eigenvalue weighted by Gasteiger charge is -2.11. The molecule has 1 aliphatic rings. The molecule has 0 radical (unpaired) electrons. The maximum atomic E-state index is 14.9. The van der Waals surface area contributed by atoms with E-state index >= 15 is 0 Å². The highest BCUT2D eigenvalue weighted by Gasteiger charge is 2.24. The SMILES string of the molecule is COc1ccc2c(Oc3ccc(NC(=O)c4c(C)n(C)n(C5=CSCC5)c4=O)cc3F)ccnc2c1.